The molecule has 0 rings (SSSR count). The van der Waals surface area contributed by atoms with Crippen molar-refractivity contribution >= 4 is 5.91 Å². The molecule has 3 nitrogen and oxygen atoms in total. The molecule has 0 aromatic rings. The molecule has 0 aliphatic heterocycles. The number of amides is 1. The van der Waals surface area contributed by atoms with Crippen LogP contribution < -0.4 is 5.73 Å². The Hall–Kier alpha value is -0.990. The van der Waals surface area contributed by atoms with Crippen LogP contribution >= 0.6 is 0 Å². The molecular formula is C9H17NO2. The number of nitrogens with two attached hydrogens (primary N) is 1. The third-order valence-electron chi connectivity index (χ3n) is 2.25. The Balaban J connectivity index is 4.90. The Morgan fingerprint density at radius 1 is 1.50 bits per heavy atom. The number of hydrogen-bond donors (Lipinski definition) is 2. The van der Waals surface area contributed by atoms with Crippen molar-refractivity contribution in [1.82, 2.24) is 0 Å². The number of hydrogen-bond acceptors (Lipinski definition) is 2. The minimum atomic E-state index is -0.561. The molecule has 0 aromatic heterocycles. The van der Waals surface area contributed by atoms with Crippen molar-refractivity contribution < 1.29 is 9.90 Å². The van der Waals surface area contributed by atoms with Gasteiger partial charge in [-0.25, -0.2) is 0 Å². The number of carbonyl (C=O) groups is 1. The SMILES string of the molecule is CCC(C)(C)/C(O)=C(/C)C(N)=O. The van der Waals surface area contributed by atoms with Crippen LogP contribution in [0, 0.1) is 5.41 Å². The molecule has 1 amide bonds. The Kier molecular flexibility index (Phi) is 3.31. The monoisotopic (exact) mass is 171 g/mol. The van der Waals surface area contributed by atoms with Crippen molar-refractivity contribution in [2.45, 2.75) is 34.1 Å². The minimum absolute atomic E-state index is 0.0949. The summed E-state index contributed by atoms with van der Waals surface area (Å²) in [6, 6.07) is 0. The summed E-state index contributed by atoms with van der Waals surface area (Å²) in [6.07, 6.45) is 0.767. The number of primary amides is 1. The average Bonchev–Trinajstić information content (AvgIpc) is 2.01. The van der Waals surface area contributed by atoms with Gasteiger partial charge in [-0.1, -0.05) is 20.8 Å². The fraction of sp³-hybridized carbons (Fsp3) is 0.667. The summed E-state index contributed by atoms with van der Waals surface area (Å²) < 4.78 is 0. The maximum absolute atomic E-state index is 10.7. The molecule has 70 valence electrons. The molecule has 0 saturated carbocycles. The highest BCUT2D eigenvalue weighted by atomic mass is 16.3. The second kappa shape index (κ2) is 3.61. The summed E-state index contributed by atoms with van der Waals surface area (Å²) in [6.45, 7) is 7.23. The standard InChI is InChI=1S/C9H17NO2/c1-5-9(3,4)7(11)6(2)8(10)12/h11H,5H2,1-4H3,(H2,10,12)/b7-6+. The van der Waals surface area contributed by atoms with Gasteiger partial charge in [0.25, 0.3) is 0 Å². The van der Waals surface area contributed by atoms with Gasteiger partial charge < -0.3 is 10.8 Å². The van der Waals surface area contributed by atoms with Crippen LogP contribution in [-0.4, -0.2) is 11.0 Å². The Morgan fingerprint density at radius 3 is 2.17 bits per heavy atom. The molecule has 0 heterocycles. The molecule has 0 bridgehead atoms. The number of aliphatic hydroxyl groups is 1. The topological polar surface area (TPSA) is 63.3 Å². The van der Waals surface area contributed by atoms with Gasteiger partial charge in [0.15, 0.2) is 0 Å². The van der Waals surface area contributed by atoms with Crippen molar-refractivity contribution in [2.75, 3.05) is 0 Å². The molecule has 3 N–H and O–H groups in total. The minimum Gasteiger partial charge on any atom is -0.511 e. The van der Waals surface area contributed by atoms with Gasteiger partial charge in [-0.15, -0.1) is 0 Å². The van der Waals surface area contributed by atoms with E-state index in [0.717, 1.165) is 6.42 Å². The Morgan fingerprint density at radius 2 is 1.92 bits per heavy atom. The molecule has 0 fully saturated rings. The third-order valence-corrected chi connectivity index (χ3v) is 2.25. The van der Waals surface area contributed by atoms with Gasteiger partial charge in [0.05, 0.1) is 5.57 Å². The number of carbonyl (C=O) groups excluding carboxylic acids is 1. The van der Waals surface area contributed by atoms with Crippen molar-refractivity contribution in [1.29, 1.82) is 0 Å². The lowest BCUT2D eigenvalue weighted by molar-refractivity contribution is -0.114. The van der Waals surface area contributed by atoms with Crippen molar-refractivity contribution in [3.63, 3.8) is 0 Å². The Bertz CT molecular complexity index is 217. The van der Waals surface area contributed by atoms with Gasteiger partial charge in [0.2, 0.25) is 5.91 Å². The van der Waals surface area contributed by atoms with Crippen LogP contribution in [0.2, 0.25) is 0 Å². The van der Waals surface area contributed by atoms with E-state index in [2.05, 4.69) is 0 Å². The summed E-state index contributed by atoms with van der Waals surface area (Å²) in [4.78, 5) is 10.7. The van der Waals surface area contributed by atoms with Crippen LogP contribution in [0.5, 0.6) is 0 Å². The van der Waals surface area contributed by atoms with Crippen molar-refractivity contribution in [2.24, 2.45) is 11.1 Å². The maximum atomic E-state index is 10.7. The number of allylic oxidation sites excluding steroid dienone is 1. The van der Waals surface area contributed by atoms with E-state index < -0.39 is 5.91 Å². The van der Waals surface area contributed by atoms with Gasteiger partial charge in [-0.2, -0.15) is 0 Å². The van der Waals surface area contributed by atoms with E-state index in [1.165, 1.54) is 6.92 Å². The molecule has 0 aliphatic rings. The summed E-state index contributed by atoms with van der Waals surface area (Å²) in [5.74, 6) is -0.466. The van der Waals surface area contributed by atoms with Crippen molar-refractivity contribution in [3.05, 3.63) is 11.3 Å². The second-order valence-corrected chi connectivity index (χ2v) is 3.58. The van der Waals surface area contributed by atoms with Crippen LogP contribution in [0.3, 0.4) is 0 Å². The highest BCUT2D eigenvalue weighted by Gasteiger charge is 2.24. The summed E-state index contributed by atoms with van der Waals surface area (Å²) in [5.41, 5.74) is 4.92. The predicted octanol–water partition coefficient (Wildman–Crippen LogP) is 1.74. The van der Waals surface area contributed by atoms with Gasteiger partial charge in [0, 0.05) is 5.41 Å². The Labute approximate surface area is 73.3 Å². The maximum Gasteiger partial charge on any atom is 0.247 e. The van der Waals surface area contributed by atoms with E-state index in [0.29, 0.717) is 0 Å². The van der Waals surface area contributed by atoms with Crippen molar-refractivity contribution in [3.8, 4) is 0 Å². The molecule has 0 spiro atoms. The number of rotatable bonds is 3. The van der Waals surface area contributed by atoms with Crippen LogP contribution in [0.1, 0.15) is 34.1 Å². The van der Waals surface area contributed by atoms with Crippen LogP contribution in [0.15, 0.2) is 11.3 Å². The quantitative estimate of drug-likeness (QED) is 0.502. The molecule has 3 heteroatoms. The van der Waals surface area contributed by atoms with E-state index in [1.54, 1.807) is 0 Å². The summed E-state index contributed by atoms with van der Waals surface area (Å²) in [5, 5.41) is 9.59. The zero-order valence-corrected chi connectivity index (χ0v) is 8.14. The molecule has 0 radical (unpaired) electrons. The highest BCUT2D eigenvalue weighted by molar-refractivity contribution is 5.91. The van der Waals surface area contributed by atoms with Gasteiger partial charge in [-0.05, 0) is 13.3 Å². The normalized spacial score (nSPS) is 14.0. The van der Waals surface area contributed by atoms with Crippen LogP contribution in [0.4, 0.5) is 0 Å². The first-order chi connectivity index (χ1) is 5.33. The highest BCUT2D eigenvalue weighted by Crippen LogP contribution is 2.29. The van der Waals surface area contributed by atoms with E-state index in [4.69, 9.17) is 5.73 Å². The van der Waals surface area contributed by atoms with Gasteiger partial charge >= 0.3 is 0 Å². The lowest BCUT2D eigenvalue weighted by Gasteiger charge is -2.22. The first-order valence-electron chi connectivity index (χ1n) is 4.03. The predicted molar refractivity (Wildman–Crippen MR) is 48.6 cm³/mol. The molecular weight excluding hydrogens is 154 g/mol. The average molecular weight is 171 g/mol. The first kappa shape index (κ1) is 11.0. The largest absolute Gasteiger partial charge is 0.511 e. The number of aliphatic hydroxyl groups excluding tert-OH is 1. The second-order valence-electron chi connectivity index (χ2n) is 3.58. The fourth-order valence-corrected chi connectivity index (χ4v) is 0.792. The molecule has 0 unspecified atom stereocenters. The smallest absolute Gasteiger partial charge is 0.247 e. The zero-order chi connectivity index (χ0) is 9.94. The van der Waals surface area contributed by atoms with Gasteiger partial charge in [0.1, 0.15) is 5.76 Å². The lowest BCUT2D eigenvalue weighted by Crippen LogP contribution is -2.21. The van der Waals surface area contributed by atoms with E-state index >= 15 is 0 Å². The zero-order valence-electron chi connectivity index (χ0n) is 8.14. The van der Waals surface area contributed by atoms with E-state index in [1.807, 2.05) is 20.8 Å². The summed E-state index contributed by atoms with van der Waals surface area (Å²) >= 11 is 0. The van der Waals surface area contributed by atoms with Gasteiger partial charge in [-0.3, -0.25) is 4.79 Å². The van der Waals surface area contributed by atoms with E-state index in [-0.39, 0.29) is 16.7 Å². The molecule has 0 aliphatic carbocycles. The molecule has 0 aromatic carbocycles. The van der Waals surface area contributed by atoms with Crippen LogP contribution in [-0.2, 0) is 4.79 Å². The third kappa shape index (κ3) is 2.26. The first-order valence-corrected chi connectivity index (χ1v) is 4.03. The molecule has 0 saturated heterocycles. The molecule has 12 heavy (non-hydrogen) atoms. The van der Waals surface area contributed by atoms with Crippen LogP contribution in [0.25, 0.3) is 0 Å². The lowest BCUT2D eigenvalue weighted by atomic mass is 9.85. The van der Waals surface area contributed by atoms with E-state index in [9.17, 15) is 9.90 Å². The fourth-order valence-electron chi connectivity index (χ4n) is 0.792. The molecule has 0 atom stereocenters. The summed E-state index contributed by atoms with van der Waals surface area (Å²) in [7, 11) is 0.